The third kappa shape index (κ3) is 3.55. The molecule has 2 amide bonds. The van der Waals surface area contributed by atoms with Gasteiger partial charge in [0.15, 0.2) is 0 Å². The van der Waals surface area contributed by atoms with E-state index in [-0.39, 0.29) is 5.91 Å². The van der Waals surface area contributed by atoms with Crippen molar-refractivity contribution in [3.63, 3.8) is 0 Å². The fraction of sp³-hybridized carbons (Fsp3) is 0.500. The zero-order chi connectivity index (χ0) is 8.69. The Morgan fingerprint density at radius 1 is 1.55 bits per heavy atom. The summed E-state index contributed by atoms with van der Waals surface area (Å²) in [4.78, 5) is 22.4. The maximum absolute atomic E-state index is 11.0. The second kappa shape index (κ2) is 5.65. The minimum absolute atomic E-state index is 0.246. The molecule has 0 aliphatic heterocycles. The molecule has 0 saturated heterocycles. The summed E-state index contributed by atoms with van der Waals surface area (Å²) >= 11 is 0. The van der Waals surface area contributed by atoms with Gasteiger partial charge in [-0.2, -0.15) is 0 Å². The van der Waals surface area contributed by atoms with Crippen LogP contribution in [-0.4, -0.2) is 23.8 Å². The molecule has 0 N–H and O–H groups in total. The molecule has 0 atom stereocenters. The van der Waals surface area contributed by atoms with Gasteiger partial charge in [0.1, 0.15) is 0 Å². The molecule has 62 valence electrons. The highest BCUT2D eigenvalue weighted by atomic mass is 16.2. The van der Waals surface area contributed by atoms with E-state index in [9.17, 15) is 9.59 Å². The number of rotatable bonds is 4. The molecule has 3 heteroatoms. The first-order valence-corrected chi connectivity index (χ1v) is 3.64. The summed E-state index contributed by atoms with van der Waals surface area (Å²) in [7, 11) is 0. The zero-order valence-electron chi connectivity index (χ0n) is 6.91. The van der Waals surface area contributed by atoms with Crippen molar-refractivity contribution in [3.8, 4) is 0 Å². The lowest BCUT2D eigenvalue weighted by Gasteiger charge is -2.10. The first kappa shape index (κ1) is 9.88. The molecule has 3 nitrogen and oxygen atoms in total. The molecule has 0 heterocycles. The monoisotopic (exact) mass is 155 g/mol. The van der Waals surface area contributed by atoms with Crippen LogP contribution in [0, 0.1) is 0 Å². The van der Waals surface area contributed by atoms with Gasteiger partial charge in [0, 0.05) is 6.54 Å². The highest BCUT2D eigenvalue weighted by Gasteiger charge is 2.05. The molecule has 0 aromatic carbocycles. The summed E-state index contributed by atoms with van der Waals surface area (Å²) in [6, 6.07) is 0. The molecule has 0 spiro atoms. The molecular formula is C8H13NO2. The Labute approximate surface area is 66.7 Å². The second-order valence-electron chi connectivity index (χ2n) is 2.14. The minimum Gasteiger partial charge on any atom is -0.282 e. The van der Waals surface area contributed by atoms with Crippen LogP contribution in [0.4, 0.5) is 0 Å². The summed E-state index contributed by atoms with van der Waals surface area (Å²) in [5.41, 5.74) is 0. The van der Waals surface area contributed by atoms with Gasteiger partial charge >= 0.3 is 0 Å². The average Bonchev–Trinajstić information content (AvgIpc) is 2.00. The highest BCUT2D eigenvalue weighted by molar-refractivity contribution is 5.94. The van der Waals surface area contributed by atoms with E-state index in [0.29, 0.717) is 13.0 Å². The lowest BCUT2D eigenvalue weighted by Crippen LogP contribution is -2.28. The topological polar surface area (TPSA) is 37.4 Å². The lowest BCUT2D eigenvalue weighted by molar-refractivity contribution is -0.134. The Morgan fingerprint density at radius 2 is 2.18 bits per heavy atom. The number of imide groups is 1. The van der Waals surface area contributed by atoms with Gasteiger partial charge in [0.2, 0.25) is 6.41 Å². The first-order valence-electron chi connectivity index (χ1n) is 3.64. The van der Waals surface area contributed by atoms with Gasteiger partial charge in [-0.25, -0.2) is 0 Å². The Morgan fingerprint density at radius 3 is 2.55 bits per heavy atom. The van der Waals surface area contributed by atoms with E-state index in [4.69, 9.17) is 0 Å². The summed E-state index contributed by atoms with van der Waals surface area (Å²) < 4.78 is 0. The van der Waals surface area contributed by atoms with Crippen LogP contribution in [0.5, 0.6) is 0 Å². The van der Waals surface area contributed by atoms with Crippen molar-refractivity contribution in [1.82, 2.24) is 4.90 Å². The molecule has 0 radical (unpaired) electrons. The molecule has 0 aliphatic carbocycles. The van der Waals surface area contributed by atoms with E-state index in [1.54, 1.807) is 13.0 Å². The second-order valence-corrected chi connectivity index (χ2v) is 2.14. The predicted molar refractivity (Wildman–Crippen MR) is 42.9 cm³/mol. The van der Waals surface area contributed by atoms with Crippen LogP contribution < -0.4 is 0 Å². The number of hydrogen-bond donors (Lipinski definition) is 0. The molecule has 0 fully saturated rings. The Bertz CT molecular complexity index is 163. The third-order valence-corrected chi connectivity index (χ3v) is 1.18. The van der Waals surface area contributed by atoms with Crippen molar-refractivity contribution in [3.05, 3.63) is 12.2 Å². The van der Waals surface area contributed by atoms with E-state index >= 15 is 0 Å². The van der Waals surface area contributed by atoms with Gasteiger partial charge in [-0.1, -0.05) is 13.0 Å². The minimum atomic E-state index is -0.246. The van der Waals surface area contributed by atoms with Crippen LogP contribution in [-0.2, 0) is 9.59 Å². The van der Waals surface area contributed by atoms with Gasteiger partial charge < -0.3 is 0 Å². The summed E-state index contributed by atoms with van der Waals surface area (Å²) in [6.45, 7) is 4.15. The summed E-state index contributed by atoms with van der Waals surface area (Å²) in [5.74, 6) is -0.246. The van der Waals surface area contributed by atoms with E-state index < -0.39 is 0 Å². The van der Waals surface area contributed by atoms with E-state index in [2.05, 4.69) is 0 Å². The van der Waals surface area contributed by atoms with Crippen LogP contribution in [0.3, 0.4) is 0 Å². The molecule has 0 unspecified atom stereocenters. The molecule has 11 heavy (non-hydrogen) atoms. The number of carbonyl (C=O) groups excluding carboxylic acids is 2. The van der Waals surface area contributed by atoms with Crippen LogP contribution in [0.25, 0.3) is 0 Å². The normalized spacial score (nSPS) is 10.0. The number of allylic oxidation sites excluding steroid dienone is 1. The Kier molecular flexibility index (Phi) is 5.07. The Balaban J connectivity index is 4.02. The molecule has 0 aromatic heterocycles. The Hall–Kier alpha value is -1.12. The van der Waals surface area contributed by atoms with Gasteiger partial charge in [0.25, 0.3) is 5.91 Å². The number of carbonyl (C=O) groups is 2. The molecule has 0 aliphatic rings. The highest BCUT2D eigenvalue weighted by Crippen LogP contribution is 1.89. The zero-order valence-corrected chi connectivity index (χ0v) is 6.91. The van der Waals surface area contributed by atoms with Crippen molar-refractivity contribution in [2.75, 3.05) is 6.54 Å². The summed E-state index contributed by atoms with van der Waals surface area (Å²) in [6.07, 6.45) is 4.35. The lowest BCUT2D eigenvalue weighted by atomic mass is 10.4. The largest absolute Gasteiger partial charge is 0.282 e. The van der Waals surface area contributed by atoms with E-state index in [1.165, 1.54) is 6.08 Å². The maximum atomic E-state index is 11.0. The molecule has 0 aromatic rings. The van der Waals surface area contributed by atoms with Gasteiger partial charge in [0.05, 0.1) is 0 Å². The van der Waals surface area contributed by atoms with E-state index in [0.717, 1.165) is 11.3 Å². The predicted octanol–water partition coefficient (Wildman–Crippen LogP) is 0.958. The van der Waals surface area contributed by atoms with Crippen molar-refractivity contribution in [2.24, 2.45) is 0 Å². The molecular weight excluding hydrogens is 142 g/mol. The van der Waals surface area contributed by atoms with Crippen LogP contribution in [0.2, 0.25) is 0 Å². The third-order valence-electron chi connectivity index (χ3n) is 1.18. The first-order chi connectivity index (χ1) is 5.26. The number of nitrogens with zero attached hydrogens (tertiary/aromatic N) is 1. The van der Waals surface area contributed by atoms with Gasteiger partial charge in [-0.15, -0.1) is 0 Å². The van der Waals surface area contributed by atoms with Crippen molar-refractivity contribution >= 4 is 12.3 Å². The number of amides is 2. The van der Waals surface area contributed by atoms with Crippen molar-refractivity contribution in [1.29, 1.82) is 0 Å². The SMILES string of the molecule is C/C=C\C(=O)N(C=O)CCC. The molecule has 0 bridgehead atoms. The maximum Gasteiger partial charge on any atom is 0.252 e. The van der Waals surface area contributed by atoms with Gasteiger partial charge in [-0.05, 0) is 19.4 Å². The van der Waals surface area contributed by atoms with Crippen LogP contribution in [0.1, 0.15) is 20.3 Å². The molecule has 0 saturated carbocycles. The van der Waals surface area contributed by atoms with Crippen molar-refractivity contribution < 1.29 is 9.59 Å². The van der Waals surface area contributed by atoms with Crippen LogP contribution in [0.15, 0.2) is 12.2 Å². The fourth-order valence-electron chi connectivity index (χ4n) is 0.694. The molecule has 0 rings (SSSR count). The fourth-order valence-corrected chi connectivity index (χ4v) is 0.694. The quantitative estimate of drug-likeness (QED) is 0.448. The smallest absolute Gasteiger partial charge is 0.252 e. The van der Waals surface area contributed by atoms with Crippen molar-refractivity contribution in [2.45, 2.75) is 20.3 Å². The standard InChI is InChI=1S/C8H13NO2/c1-3-5-8(11)9(7-10)6-4-2/h3,5,7H,4,6H2,1-2H3/b5-3-. The average molecular weight is 155 g/mol. The van der Waals surface area contributed by atoms with Gasteiger partial charge in [-0.3, -0.25) is 14.5 Å². The van der Waals surface area contributed by atoms with Crippen LogP contribution >= 0.6 is 0 Å². The number of hydrogen-bond acceptors (Lipinski definition) is 2. The summed E-state index contributed by atoms with van der Waals surface area (Å²) in [5, 5.41) is 0. The van der Waals surface area contributed by atoms with E-state index in [1.807, 2.05) is 6.92 Å².